The number of esters is 1. The Morgan fingerprint density at radius 1 is 1.17 bits per heavy atom. The van der Waals surface area contributed by atoms with Gasteiger partial charge in [0.1, 0.15) is 11.3 Å². The second-order valence-electron chi connectivity index (χ2n) is 5.20. The molecule has 5 nitrogen and oxygen atoms in total. The zero-order valence-electron chi connectivity index (χ0n) is 13.1. The lowest BCUT2D eigenvalue weighted by Crippen LogP contribution is -2.21. The Bertz CT molecular complexity index is 725. The van der Waals surface area contributed by atoms with Crippen LogP contribution in [-0.4, -0.2) is 23.6 Å². The van der Waals surface area contributed by atoms with Crippen LogP contribution >= 0.6 is 0 Å². The number of aromatic hydroxyl groups is 1. The molecule has 0 fully saturated rings. The quantitative estimate of drug-likeness (QED) is 0.832. The SMILES string of the molecule is CCc1cccc(NC(=O)COC(=O)c2ccc(C)cc2O)c1. The highest BCUT2D eigenvalue weighted by Gasteiger charge is 2.14. The van der Waals surface area contributed by atoms with Crippen LogP contribution in [0.4, 0.5) is 5.69 Å². The average molecular weight is 313 g/mol. The van der Waals surface area contributed by atoms with E-state index in [9.17, 15) is 14.7 Å². The highest BCUT2D eigenvalue weighted by Crippen LogP contribution is 2.19. The Morgan fingerprint density at radius 3 is 2.65 bits per heavy atom. The molecule has 0 unspecified atom stereocenters. The Morgan fingerprint density at radius 2 is 1.96 bits per heavy atom. The van der Waals surface area contributed by atoms with E-state index in [0.29, 0.717) is 5.69 Å². The molecule has 1 amide bonds. The summed E-state index contributed by atoms with van der Waals surface area (Å²) in [5, 5.41) is 12.4. The van der Waals surface area contributed by atoms with Gasteiger partial charge in [-0.25, -0.2) is 4.79 Å². The minimum Gasteiger partial charge on any atom is -0.507 e. The smallest absolute Gasteiger partial charge is 0.342 e. The number of nitrogens with one attached hydrogen (secondary N) is 1. The van der Waals surface area contributed by atoms with Crippen LogP contribution in [0.15, 0.2) is 42.5 Å². The molecule has 0 aromatic heterocycles. The first-order valence-corrected chi connectivity index (χ1v) is 7.35. The summed E-state index contributed by atoms with van der Waals surface area (Å²) >= 11 is 0. The van der Waals surface area contributed by atoms with Crippen molar-refractivity contribution >= 4 is 17.6 Å². The van der Waals surface area contributed by atoms with Crippen molar-refractivity contribution in [2.45, 2.75) is 20.3 Å². The number of amides is 1. The van der Waals surface area contributed by atoms with Crippen molar-refractivity contribution in [3.8, 4) is 5.75 Å². The van der Waals surface area contributed by atoms with Crippen LogP contribution in [0, 0.1) is 6.92 Å². The molecule has 2 N–H and O–H groups in total. The standard InChI is InChI=1S/C18H19NO4/c1-3-13-5-4-6-14(10-13)19-17(21)11-23-18(22)15-8-7-12(2)9-16(15)20/h4-10,20H,3,11H2,1-2H3,(H,19,21). The van der Waals surface area contributed by atoms with Crippen LogP contribution in [0.1, 0.15) is 28.4 Å². The van der Waals surface area contributed by atoms with Crippen molar-refractivity contribution in [2.75, 3.05) is 11.9 Å². The summed E-state index contributed by atoms with van der Waals surface area (Å²) in [5.41, 5.74) is 2.62. The molecule has 0 bridgehead atoms. The number of hydrogen-bond acceptors (Lipinski definition) is 4. The van der Waals surface area contributed by atoms with E-state index < -0.39 is 18.5 Å². The lowest BCUT2D eigenvalue weighted by molar-refractivity contribution is -0.119. The van der Waals surface area contributed by atoms with Gasteiger partial charge in [0.25, 0.3) is 5.91 Å². The van der Waals surface area contributed by atoms with Gasteiger partial charge in [-0.3, -0.25) is 4.79 Å². The monoisotopic (exact) mass is 313 g/mol. The van der Waals surface area contributed by atoms with Gasteiger partial charge in [-0.15, -0.1) is 0 Å². The predicted octanol–water partition coefficient (Wildman–Crippen LogP) is 3.06. The van der Waals surface area contributed by atoms with E-state index in [0.717, 1.165) is 17.5 Å². The molecule has 5 heteroatoms. The fourth-order valence-electron chi connectivity index (χ4n) is 2.09. The van der Waals surface area contributed by atoms with Crippen LogP contribution in [0.2, 0.25) is 0 Å². The topological polar surface area (TPSA) is 75.6 Å². The van der Waals surface area contributed by atoms with E-state index in [-0.39, 0.29) is 11.3 Å². The van der Waals surface area contributed by atoms with Crippen LogP contribution in [0.5, 0.6) is 5.75 Å². The molecule has 0 radical (unpaired) electrons. The minimum absolute atomic E-state index is 0.0383. The maximum atomic E-state index is 11.9. The summed E-state index contributed by atoms with van der Waals surface area (Å²) in [4.78, 5) is 23.7. The van der Waals surface area contributed by atoms with Crippen molar-refractivity contribution in [3.05, 3.63) is 59.2 Å². The van der Waals surface area contributed by atoms with E-state index in [1.807, 2.05) is 25.1 Å². The summed E-state index contributed by atoms with van der Waals surface area (Å²) < 4.78 is 4.93. The molecule has 2 rings (SSSR count). The number of aryl methyl sites for hydroxylation is 2. The number of anilines is 1. The highest BCUT2D eigenvalue weighted by atomic mass is 16.5. The van der Waals surface area contributed by atoms with Gasteiger partial charge < -0.3 is 15.2 Å². The Kier molecular flexibility index (Phi) is 5.36. The second-order valence-corrected chi connectivity index (χ2v) is 5.20. The van der Waals surface area contributed by atoms with Crippen LogP contribution in [-0.2, 0) is 16.0 Å². The van der Waals surface area contributed by atoms with Gasteiger partial charge in [0.15, 0.2) is 6.61 Å². The lowest BCUT2D eigenvalue weighted by atomic mass is 10.1. The first-order chi connectivity index (χ1) is 11.0. The molecule has 0 spiro atoms. The second kappa shape index (κ2) is 7.45. The molecular weight excluding hydrogens is 294 g/mol. The van der Waals surface area contributed by atoms with Crippen molar-refractivity contribution in [3.63, 3.8) is 0 Å². The van der Waals surface area contributed by atoms with Gasteiger partial charge in [-0.2, -0.15) is 0 Å². The molecule has 0 saturated carbocycles. The van der Waals surface area contributed by atoms with Gasteiger partial charge in [0.05, 0.1) is 0 Å². The van der Waals surface area contributed by atoms with E-state index in [4.69, 9.17) is 4.74 Å². The number of hydrogen-bond donors (Lipinski definition) is 2. The van der Waals surface area contributed by atoms with E-state index in [1.54, 1.807) is 19.1 Å². The highest BCUT2D eigenvalue weighted by molar-refractivity contribution is 5.96. The fraction of sp³-hybridized carbons (Fsp3) is 0.222. The minimum atomic E-state index is -0.736. The van der Waals surface area contributed by atoms with Crippen LogP contribution < -0.4 is 5.32 Å². The molecule has 0 aliphatic rings. The third kappa shape index (κ3) is 4.57. The first kappa shape index (κ1) is 16.5. The largest absolute Gasteiger partial charge is 0.507 e. The number of rotatable bonds is 5. The zero-order valence-corrected chi connectivity index (χ0v) is 13.1. The summed E-state index contributed by atoms with van der Waals surface area (Å²) in [7, 11) is 0. The van der Waals surface area contributed by atoms with Crippen molar-refractivity contribution < 1.29 is 19.4 Å². The molecular formula is C18H19NO4. The van der Waals surface area contributed by atoms with Crippen LogP contribution in [0.25, 0.3) is 0 Å². The fourth-order valence-corrected chi connectivity index (χ4v) is 2.09. The molecule has 0 aliphatic heterocycles. The maximum absolute atomic E-state index is 11.9. The Hall–Kier alpha value is -2.82. The Labute approximate surface area is 134 Å². The van der Waals surface area contributed by atoms with Crippen LogP contribution in [0.3, 0.4) is 0 Å². The van der Waals surface area contributed by atoms with E-state index >= 15 is 0 Å². The third-order valence-electron chi connectivity index (χ3n) is 3.33. The lowest BCUT2D eigenvalue weighted by Gasteiger charge is -2.08. The molecule has 0 atom stereocenters. The number of carbonyl (C=O) groups excluding carboxylic acids is 2. The zero-order chi connectivity index (χ0) is 16.8. The molecule has 0 aliphatic carbocycles. The number of phenolic OH excluding ortho intramolecular Hbond substituents is 1. The van der Waals surface area contributed by atoms with Crippen molar-refractivity contribution in [1.29, 1.82) is 0 Å². The molecule has 2 aromatic rings. The van der Waals surface area contributed by atoms with Gasteiger partial charge in [-0.05, 0) is 48.7 Å². The summed E-state index contributed by atoms with van der Waals surface area (Å²) in [5.74, 6) is -1.33. The summed E-state index contributed by atoms with van der Waals surface area (Å²) in [6.07, 6.45) is 0.866. The molecule has 0 heterocycles. The van der Waals surface area contributed by atoms with Crippen molar-refractivity contribution in [1.82, 2.24) is 0 Å². The number of carbonyl (C=O) groups is 2. The summed E-state index contributed by atoms with van der Waals surface area (Å²) in [6, 6.07) is 12.1. The third-order valence-corrected chi connectivity index (χ3v) is 3.33. The molecule has 120 valence electrons. The average Bonchev–Trinajstić information content (AvgIpc) is 2.53. The van der Waals surface area contributed by atoms with E-state index in [2.05, 4.69) is 5.32 Å². The van der Waals surface area contributed by atoms with Crippen molar-refractivity contribution in [2.24, 2.45) is 0 Å². The summed E-state index contributed by atoms with van der Waals surface area (Å²) in [6.45, 7) is 3.41. The number of phenols is 1. The van der Waals surface area contributed by atoms with Gasteiger partial charge in [-0.1, -0.05) is 25.1 Å². The van der Waals surface area contributed by atoms with Gasteiger partial charge in [0.2, 0.25) is 0 Å². The van der Waals surface area contributed by atoms with E-state index in [1.165, 1.54) is 12.1 Å². The Balaban J connectivity index is 1.92. The molecule has 2 aromatic carbocycles. The maximum Gasteiger partial charge on any atom is 0.342 e. The number of benzene rings is 2. The van der Waals surface area contributed by atoms with Gasteiger partial charge >= 0.3 is 5.97 Å². The first-order valence-electron chi connectivity index (χ1n) is 7.35. The van der Waals surface area contributed by atoms with Gasteiger partial charge in [0, 0.05) is 5.69 Å². The predicted molar refractivity (Wildman–Crippen MR) is 87.6 cm³/mol. The number of ether oxygens (including phenoxy) is 1. The molecule has 23 heavy (non-hydrogen) atoms. The molecule has 0 saturated heterocycles. The normalized spacial score (nSPS) is 10.2.